The molecule has 0 aromatic heterocycles. The molecule has 8 nitrogen and oxygen atoms in total. The summed E-state index contributed by atoms with van der Waals surface area (Å²) >= 11 is 6.02. The number of hydrogen-bond acceptors (Lipinski definition) is 6. The smallest absolute Gasteiger partial charge is 0.278 e. The van der Waals surface area contributed by atoms with Crippen molar-refractivity contribution in [1.29, 1.82) is 0 Å². The standard InChI is InChI=1S/C22H22ClN3O5/c1-3-31-12-4-11-25-21(27)19(15-5-8-17(9-6-15)26(29)30)20(22(25)28)24-18-10-7-16(23)13-14(18)2/h5-10,13,24H,3-4,11-12H2,1-2H3. The number of anilines is 1. The Morgan fingerprint density at radius 1 is 1.13 bits per heavy atom. The first-order chi connectivity index (χ1) is 14.8. The first-order valence-electron chi connectivity index (χ1n) is 9.79. The lowest BCUT2D eigenvalue weighted by molar-refractivity contribution is -0.384. The number of imide groups is 1. The van der Waals surface area contributed by atoms with E-state index in [1.165, 1.54) is 29.2 Å². The molecule has 162 valence electrons. The van der Waals surface area contributed by atoms with Crippen molar-refractivity contribution in [2.24, 2.45) is 0 Å². The summed E-state index contributed by atoms with van der Waals surface area (Å²) in [5.41, 5.74) is 2.06. The van der Waals surface area contributed by atoms with Crippen LogP contribution in [0.4, 0.5) is 11.4 Å². The van der Waals surface area contributed by atoms with Gasteiger partial charge in [0.05, 0.1) is 10.5 Å². The summed E-state index contributed by atoms with van der Waals surface area (Å²) in [5.74, 6) is -0.909. The first kappa shape index (κ1) is 22.5. The van der Waals surface area contributed by atoms with Crippen LogP contribution in [0.5, 0.6) is 0 Å². The Labute approximate surface area is 184 Å². The van der Waals surface area contributed by atoms with Crippen molar-refractivity contribution in [3.8, 4) is 0 Å². The Kier molecular flexibility index (Phi) is 7.04. The van der Waals surface area contributed by atoms with Crippen LogP contribution in [-0.4, -0.2) is 41.4 Å². The van der Waals surface area contributed by atoms with Crippen LogP contribution in [0.1, 0.15) is 24.5 Å². The molecule has 0 atom stereocenters. The minimum absolute atomic E-state index is 0.0993. The van der Waals surface area contributed by atoms with Crippen LogP contribution in [0.25, 0.3) is 5.57 Å². The molecule has 0 aliphatic carbocycles. The van der Waals surface area contributed by atoms with Gasteiger partial charge in [-0.25, -0.2) is 0 Å². The van der Waals surface area contributed by atoms with E-state index in [0.29, 0.717) is 35.9 Å². The lowest BCUT2D eigenvalue weighted by atomic mass is 10.0. The summed E-state index contributed by atoms with van der Waals surface area (Å²) in [6.07, 6.45) is 0.506. The maximum absolute atomic E-state index is 13.1. The highest BCUT2D eigenvalue weighted by Gasteiger charge is 2.39. The van der Waals surface area contributed by atoms with Crippen LogP contribution in [0.15, 0.2) is 48.2 Å². The third-order valence-electron chi connectivity index (χ3n) is 4.86. The molecule has 2 aromatic carbocycles. The molecule has 0 spiro atoms. The zero-order valence-electron chi connectivity index (χ0n) is 17.2. The van der Waals surface area contributed by atoms with Crippen LogP contribution >= 0.6 is 11.6 Å². The molecule has 2 amide bonds. The summed E-state index contributed by atoms with van der Waals surface area (Å²) in [7, 11) is 0. The molecule has 1 aliphatic rings. The molecule has 9 heteroatoms. The highest BCUT2D eigenvalue weighted by molar-refractivity contribution is 6.36. The van der Waals surface area contributed by atoms with Crippen molar-refractivity contribution in [1.82, 2.24) is 4.90 Å². The number of carbonyl (C=O) groups excluding carboxylic acids is 2. The van der Waals surface area contributed by atoms with Gasteiger partial charge >= 0.3 is 0 Å². The number of nitro groups is 1. The van der Waals surface area contributed by atoms with Crippen molar-refractivity contribution in [3.63, 3.8) is 0 Å². The fourth-order valence-corrected chi connectivity index (χ4v) is 3.51. The number of rotatable bonds is 9. The third kappa shape index (κ3) is 4.92. The molecule has 31 heavy (non-hydrogen) atoms. The number of non-ortho nitro benzene ring substituents is 1. The van der Waals surface area contributed by atoms with Crippen molar-refractivity contribution < 1.29 is 19.2 Å². The SMILES string of the molecule is CCOCCCN1C(=O)C(Nc2ccc(Cl)cc2C)=C(c2ccc([N+](=O)[O-])cc2)C1=O. The summed E-state index contributed by atoms with van der Waals surface area (Å²) in [6.45, 7) is 4.90. The van der Waals surface area contributed by atoms with Gasteiger partial charge in [-0.15, -0.1) is 0 Å². The number of nitrogens with one attached hydrogen (secondary N) is 1. The van der Waals surface area contributed by atoms with Crippen LogP contribution < -0.4 is 5.32 Å². The van der Waals surface area contributed by atoms with Crippen molar-refractivity contribution in [3.05, 3.63) is 74.4 Å². The molecular formula is C22H22ClN3O5. The fraction of sp³-hybridized carbons (Fsp3) is 0.273. The van der Waals surface area contributed by atoms with E-state index in [1.54, 1.807) is 18.2 Å². The maximum Gasteiger partial charge on any atom is 0.278 e. The van der Waals surface area contributed by atoms with Gasteiger partial charge in [0.1, 0.15) is 5.70 Å². The van der Waals surface area contributed by atoms with Gasteiger partial charge in [-0.2, -0.15) is 0 Å². The zero-order valence-corrected chi connectivity index (χ0v) is 17.9. The molecule has 1 aliphatic heterocycles. The monoisotopic (exact) mass is 443 g/mol. The number of halogens is 1. The van der Waals surface area contributed by atoms with Crippen molar-refractivity contribution in [2.45, 2.75) is 20.3 Å². The molecule has 1 N–H and O–H groups in total. The zero-order chi connectivity index (χ0) is 22.5. The summed E-state index contributed by atoms with van der Waals surface area (Å²) in [6, 6.07) is 10.7. The van der Waals surface area contributed by atoms with E-state index in [4.69, 9.17) is 16.3 Å². The molecule has 1 heterocycles. The summed E-state index contributed by atoms with van der Waals surface area (Å²) < 4.78 is 5.31. The molecule has 0 fully saturated rings. The topological polar surface area (TPSA) is 102 Å². The molecule has 0 bridgehead atoms. The Morgan fingerprint density at radius 2 is 1.84 bits per heavy atom. The number of ether oxygens (including phenoxy) is 1. The number of aryl methyl sites for hydroxylation is 1. The molecule has 3 rings (SSSR count). The van der Waals surface area contributed by atoms with Crippen LogP contribution in [0.3, 0.4) is 0 Å². The second kappa shape index (κ2) is 9.72. The van der Waals surface area contributed by atoms with E-state index < -0.39 is 16.7 Å². The van der Waals surface area contributed by atoms with E-state index >= 15 is 0 Å². The van der Waals surface area contributed by atoms with Gasteiger partial charge in [0, 0.05) is 42.6 Å². The van der Waals surface area contributed by atoms with E-state index in [0.717, 1.165) is 5.56 Å². The predicted molar refractivity (Wildman–Crippen MR) is 118 cm³/mol. The lowest BCUT2D eigenvalue weighted by Crippen LogP contribution is -2.34. The van der Waals surface area contributed by atoms with Crippen molar-refractivity contribution in [2.75, 3.05) is 25.1 Å². The first-order valence-corrected chi connectivity index (χ1v) is 10.2. The normalized spacial score (nSPS) is 13.8. The summed E-state index contributed by atoms with van der Waals surface area (Å²) in [5, 5.41) is 14.6. The molecule has 0 saturated carbocycles. The van der Waals surface area contributed by atoms with Gasteiger partial charge in [-0.05, 0) is 61.7 Å². The van der Waals surface area contributed by atoms with Crippen LogP contribution in [-0.2, 0) is 14.3 Å². The van der Waals surface area contributed by atoms with Crippen LogP contribution in [0.2, 0.25) is 5.02 Å². The number of hydrogen-bond donors (Lipinski definition) is 1. The van der Waals surface area contributed by atoms with Gasteiger partial charge in [0.25, 0.3) is 17.5 Å². The van der Waals surface area contributed by atoms with E-state index in [2.05, 4.69) is 5.32 Å². The van der Waals surface area contributed by atoms with Crippen LogP contribution in [0, 0.1) is 17.0 Å². The van der Waals surface area contributed by atoms with Gasteiger partial charge in [0.15, 0.2) is 0 Å². The number of nitro benzene ring substituents is 1. The second-order valence-electron chi connectivity index (χ2n) is 6.95. The Balaban J connectivity index is 1.98. The molecule has 0 radical (unpaired) electrons. The minimum atomic E-state index is -0.518. The molecule has 2 aromatic rings. The quantitative estimate of drug-likeness (QED) is 0.270. The number of benzene rings is 2. The van der Waals surface area contributed by atoms with Gasteiger partial charge < -0.3 is 10.1 Å². The molecule has 0 unspecified atom stereocenters. The molecular weight excluding hydrogens is 422 g/mol. The largest absolute Gasteiger partial charge is 0.382 e. The number of nitrogens with zero attached hydrogens (tertiary/aromatic N) is 2. The minimum Gasteiger partial charge on any atom is -0.382 e. The van der Waals surface area contributed by atoms with Gasteiger partial charge in [-0.3, -0.25) is 24.6 Å². The summed E-state index contributed by atoms with van der Waals surface area (Å²) in [4.78, 5) is 37.9. The lowest BCUT2D eigenvalue weighted by Gasteiger charge is -2.15. The van der Waals surface area contributed by atoms with E-state index in [9.17, 15) is 19.7 Å². The van der Waals surface area contributed by atoms with E-state index in [1.807, 2.05) is 13.8 Å². The van der Waals surface area contributed by atoms with E-state index in [-0.39, 0.29) is 23.5 Å². The average Bonchev–Trinajstić information content (AvgIpc) is 2.97. The van der Waals surface area contributed by atoms with Crippen molar-refractivity contribution >= 4 is 40.4 Å². The maximum atomic E-state index is 13.1. The predicted octanol–water partition coefficient (Wildman–Crippen LogP) is 4.18. The molecule has 0 saturated heterocycles. The Hall–Kier alpha value is -3.23. The Bertz CT molecular complexity index is 1050. The third-order valence-corrected chi connectivity index (χ3v) is 5.09. The average molecular weight is 444 g/mol. The highest BCUT2D eigenvalue weighted by atomic mass is 35.5. The second-order valence-corrected chi connectivity index (χ2v) is 7.39. The van der Waals surface area contributed by atoms with Gasteiger partial charge in [0.2, 0.25) is 0 Å². The number of carbonyl (C=O) groups is 2. The fourth-order valence-electron chi connectivity index (χ4n) is 3.28. The highest BCUT2D eigenvalue weighted by Crippen LogP contribution is 2.32. The Morgan fingerprint density at radius 3 is 2.45 bits per heavy atom. The van der Waals surface area contributed by atoms with Gasteiger partial charge in [-0.1, -0.05) is 11.6 Å². The number of amides is 2.